The normalized spacial score (nSPS) is 22.3. The predicted octanol–water partition coefficient (Wildman–Crippen LogP) is 3.59. The van der Waals surface area contributed by atoms with Gasteiger partial charge in [0.2, 0.25) is 11.8 Å². The van der Waals surface area contributed by atoms with Crippen LogP contribution < -0.4 is 10.6 Å². The predicted molar refractivity (Wildman–Crippen MR) is 133 cm³/mol. The highest BCUT2D eigenvalue weighted by Gasteiger charge is 2.49. The lowest BCUT2D eigenvalue weighted by molar-refractivity contribution is -0.132. The van der Waals surface area contributed by atoms with E-state index in [0.29, 0.717) is 12.0 Å². The number of rotatable bonds is 4. The first-order valence-electron chi connectivity index (χ1n) is 12.6. The molecule has 0 spiro atoms. The molecule has 7 heteroatoms. The lowest BCUT2D eigenvalue weighted by Gasteiger charge is -2.37. The molecule has 2 aromatic carbocycles. The number of benzene rings is 2. The highest BCUT2D eigenvalue weighted by Crippen LogP contribution is 2.46. The van der Waals surface area contributed by atoms with Crippen molar-refractivity contribution in [2.45, 2.75) is 69.6 Å². The molecule has 1 aromatic heterocycles. The Morgan fingerprint density at radius 1 is 1.03 bits per heavy atom. The number of aromatic amines is 1. The Morgan fingerprint density at radius 2 is 1.77 bits per heavy atom. The van der Waals surface area contributed by atoms with Gasteiger partial charge in [-0.3, -0.25) is 14.4 Å². The topological polar surface area (TPSA) is 94.3 Å². The van der Waals surface area contributed by atoms with Crippen LogP contribution in [0.3, 0.4) is 0 Å². The van der Waals surface area contributed by atoms with E-state index < -0.39 is 12.1 Å². The van der Waals surface area contributed by atoms with Crippen molar-refractivity contribution in [2.24, 2.45) is 0 Å². The van der Waals surface area contributed by atoms with Gasteiger partial charge in [0.25, 0.3) is 5.91 Å². The summed E-state index contributed by atoms with van der Waals surface area (Å²) in [5.74, 6) is -0.603. The fraction of sp³-hybridized carbons (Fsp3) is 0.393. The Hall–Kier alpha value is -3.61. The van der Waals surface area contributed by atoms with Crippen molar-refractivity contribution in [3.8, 4) is 0 Å². The maximum Gasteiger partial charge on any atom is 0.255 e. The molecule has 2 aliphatic heterocycles. The van der Waals surface area contributed by atoms with E-state index in [2.05, 4.69) is 21.7 Å². The number of hydrogen-bond acceptors (Lipinski definition) is 3. The number of carbonyl (C=O) groups is 3. The standard InChI is InChI=1S/C28H30N4O3/c1-16(26(33)30-17-9-3-2-4-10-17)29-27(34)23-15-21-18-11-7-8-14-22(18)31-24(21)25-19-12-5-6-13-20(19)28(35)32(23)25/h5-8,11-14,16-17,23,25,31H,2-4,9-10,15H2,1H3,(H,29,34)(H,30,33)/t16-,23-,25-/m0/s1. The zero-order valence-corrected chi connectivity index (χ0v) is 19.8. The summed E-state index contributed by atoms with van der Waals surface area (Å²) in [7, 11) is 0. The molecular formula is C28H30N4O3. The van der Waals surface area contributed by atoms with Gasteiger partial charge in [-0.2, -0.15) is 0 Å². The number of carbonyl (C=O) groups excluding carboxylic acids is 3. The first-order valence-corrected chi connectivity index (χ1v) is 12.6. The van der Waals surface area contributed by atoms with E-state index in [1.54, 1.807) is 11.8 Å². The lowest BCUT2D eigenvalue weighted by Crippen LogP contribution is -2.56. The Morgan fingerprint density at radius 3 is 2.60 bits per heavy atom. The number of nitrogens with one attached hydrogen (secondary N) is 3. The van der Waals surface area contributed by atoms with Crippen LogP contribution in [0.2, 0.25) is 0 Å². The fourth-order valence-electron chi connectivity index (χ4n) is 6.09. The molecule has 0 saturated heterocycles. The van der Waals surface area contributed by atoms with Crippen LogP contribution in [-0.4, -0.2) is 45.7 Å². The Labute approximate surface area is 204 Å². The number of amides is 3. The van der Waals surface area contributed by atoms with Gasteiger partial charge < -0.3 is 20.5 Å². The second-order valence-corrected chi connectivity index (χ2v) is 10.1. The molecule has 35 heavy (non-hydrogen) atoms. The van der Waals surface area contributed by atoms with Crippen molar-refractivity contribution in [3.63, 3.8) is 0 Å². The molecule has 1 aliphatic carbocycles. The van der Waals surface area contributed by atoms with Crippen LogP contribution >= 0.6 is 0 Å². The van der Waals surface area contributed by atoms with Crippen molar-refractivity contribution in [1.29, 1.82) is 0 Å². The average molecular weight is 471 g/mol. The highest BCUT2D eigenvalue weighted by molar-refractivity contribution is 6.04. The van der Waals surface area contributed by atoms with Gasteiger partial charge in [0.15, 0.2) is 0 Å². The van der Waals surface area contributed by atoms with Crippen LogP contribution in [0.1, 0.15) is 72.2 Å². The van der Waals surface area contributed by atoms with Gasteiger partial charge >= 0.3 is 0 Å². The molecule has 0 bridgehead atoms. The molecule has 3 aliphatic rings. The van der Waals surface area contributed by atoms with Crippen molar-refractivity contribution in [3.05, 3.63) is 70.9 Å². The third-order valence-electron chi connectivity index (χ3n) is 7.86. The molecule has 3 heterocycles. The van der Waals surface area contributed by atoms with Crippen LogP contribution in [0.15, 0.2) is 48.5 Å². The van der Waals surface area contributed by atoms with Gasteiger partial charge in [0, 0.05) is 34.6 Å². The van der Waals surface area contributed by atoms with Crippen LogP contribution in [0, 0.1) is 0 Å². The first kappa shape index (κ1) is 21.9. The second-order valence-electron chi connectivity index (χ2n) is 10.1. The highest BCUT2D eigenvalue weighted by atomic mass is 16.2. The monoisotopic (exact) mass is 470 g/mol. The van der Waals surface area contributed by atoms with Gasteiger partial charge in [-0.25, -0.2) is 0 Å². The largest absolute Gasteiger partial charge is 0.356 e. The Balaban J connectivity index is 1.31. The molecule has 6 rings (SSSR count). The number of H-pyrrole nitrogens is 1. The zero-order chi connectivity index (χ0) is 24.1. The van der Waals surface area contributed by atoms with E-state index in [4.69, 9.17) is 0 Å². The molecule has 1 fully saturated rings. The summed E-state index contributed by atoms with van der Waals surface area (Å²) in [6.07, 6.45) is 5.84. The van der Waals surface area contributed by atoms with Crippen molar-refractivity contribution in [1.82, 2.24) is 20.5 Å². The molecular weight excluding hydrogens is 440 g/mol. The maximum atomic E-state index is 13.6. The summed E-state index contributed by atoms with van der Waals surface area (Å²) in [4.78, 5) is 45.2. The lowest BCUT2D eigenvalue weighted by atomic mass is 9.90. The number of nitrogens with zero attached hydrogens (tertiary/aromatic N) is 1. The number of para-hydroxylation sites is 1. The third-order valence-corrected chi connectivity index (χ3v) is 7.86. The maximum absolute atomic E-state index is 13.6. The first-order chi connectivity index (χ1) is 17.0. The minimum Gasteiger partial charge on any atom is -0.356 e. The molecule has 3 amide bonds. The molecule has 180 valence electrons. The second kappa shape index (κ2) is 8.56. The van der Waals surface area contributed by atoms with Crippen LogP contribution in [-0.2, 0) is 16.0 Å². The molecule has 7 nitrogen and oxygen atoms in total. The summed E-state index contributed by atoms with van der Waals surface area (Å²) in [6, 6.07) is 14.1. The van der Waals surface area contributed by atoms with E-state index in [1.165, 1.54) is 6.42 Å². The van der Waals surface area contributed by atoms with Gasteiger partial charge in [-0.1, -0.05) is 55.7 Å². The SMILES string of the molecule is C[C@H](NC(=O)[C@@H]1Cc2c([nH]c3ccccc23)[C@@H]2c3ccccc3C(=O)N21)C(=O)NC1CCCCC1. The molecule has 1 saturated carbocycles. The minimum atomic E-state index is -0.698. The van der Waals surface area contributed by atoms with Crippen LogP contribution in [0.4, 0.5) is 0 Å². The van der Waals surface area contributed by atoms with Crippen LogP contribution in [0.25, 0.3) is 10.9 Å². The zero-order valence-electron chi connectivity index (χ0n) is 19.8. The van der Waals surface area contributed by atoms with Crippen molar-refractivity contribution < 1.29 is 14.4 Å². The summed E-state index contributed by atoms with van der Waals surface area (Å²) < 4.78 is 0. The number of aromatic nitrogens is 1. The average Bonchev–Trinajstić information content (AvgIpc) is 3.40. The molecule has 0 radical (unpaired) electrons. The fourth-order valence-corrected chi connectivity index (χ4v) is 6.09. The molecule has 3 aromatic rings. The van der Waals surface area contributed by atoms with E-state index in [9.17, 15) is 14.4 Å². The van der Waals surface area contributed by atoms with Gasteiger partial charge in [0.1, 0.15) is 12.1 Å². The van der Waals surface area contributed by atoms with Gasteiger partial charge in [-0.15, -0.1) is 0 Å². The van der Waals surface area contributed by atoms with Gasteiger partial charge in [0.05, 0.1) is 6.04 Å². The summed E-state index contributed by atoms with van der Waals surface area (Å²) in [5.41, 5.74) is 4.56. The molecule has 3 atom stereocenters. The van der Waals surface area contributed by atoms with Gasteiger partial charge in [-0.05, 0) is 43.0 Å². The van der Waals surface area contributed by atoms with E-state index >= 15 is 0 Å². The number of fused-ring (bicyclic) bond motifs is 7. The minimum absolute atomic E-state index is 0.144. The summed E-state index contributed by atoms with van der Waals surface area (Å²) >= 11 is 0. The van der Waals surface area contributed by atoms with E-state index in [0.717, 1.165) is 53.4 Å². The Bertz CT molecular complexity index is 1320. The molecule has 0 unspecified atom stereocenters. The smallest absolute Gasteiger partial charge is 0.255 e. The Kier molecular flexibility index (Phi) is 5.35. The van der Waals surface area contributed by atoms with E-state index in [-0.39, 0.29) is 29.8 Å². The van der Waals surface area contributed by atoms with Crippen molar-refractivity contribution >= 4 is 28.6 Å². The van der Waals surface area contributed by atoms with Crippen molar-refractivity contribution in [2.75, 3.05) is 0 Å². The summed E-state index contributed by atoms with van der Waals surface area (Å²) in [6.45, 7) is 1.72. The van der Waals surface area contributed by atoms with Crippen LogP contribution in [0.5, 0.6) is 0 Å². The third kappa shape index (κ3) is 3.61. The van der Waals surface area contributed by atoms with E-state index in [1.807, 2.05) is 42.5 Å². The summed E-state index contributed by atoms with van der Waals surface area (Å²) in [5, 5.41) is 7.08. The molecule has 3 N–H and O–H groups in total. The quantitative estimate of drug-likeness (QED) is 0.544. The number of hydrogen-bond donors (Lipinski definition) is 3.